The second kappa shape index (κ2) is 2.69. The Labute approximate surface area is 84.1 Å². The van der Waals surface area contributed by atoms with Crippen LogP contribution in [0.15, 0.2) is 0 Å². The van der Waals surface area contributed by atoms with Gasteiger partial charge in [-0.2, -0.15) is 0 Å². The van der Waals surface area contributed by atoms with E-state index in [1.165, 1.54) is 0 Å². The first-order valence-corrected chi connectivity index (χ1v) is 4.96. The van der Waals surface area contributed by atoms with Gasteiger partial charge in [0.05, 0.1) is 0 Å². The van der Waals surface area contributed by atoms with Gasteiger partial charge in [0.25, 0.3) is 0 Å². The minimum absolute atomic E-state index is 0.0876. The van der Waals surface area contributed by atoms with Crippen molar-refractivity contribution in [3.63, 3.8) is 0 Å². The van der Waals surface area contributed by atoms with Gasteiger partial charge < -0.3 is 4.57 Å². The zero-order chi connectivity index (χ0) is 10.5. The molecule has 0 aromatic carbocycles. The van der Waals surface area contributed by atoms with E-state index < -0.39 is 0 Å². The fourth-order valence-corrected chi connectivity index (χ4v) is 2.12. The highest BCUT2D eigenvalue weighted by molar-refractivity contribution is 5.97. The van der Waals surface area contributed by atoms with Gasteiger partial charge in [0.15, 0.2) is 5.78 Å². The van der Waals surface area contributed by atoms with E-state index in [-0.39, 0.29) is 11.2 Å². The Morgan fingerprint density at radius 2 is 2.00 bits per heavy atom. The average Bonchev–Trinajstić information content (AvgIpc) is 2.30. The molecule has 1 aromatic rings. The summed E-state index contributed by atoms with van der Waals surface area (Å²) >= 11 is 0. The summed E-state index contributed by atoms with van der Waals surface area (Å²) in [4.78, 5) is 16.1. The SMILES string of the molecule is Cc1nc2c(n1C)CC(C)(C)CC2=O. The van der Waals surface area contributed by atoms with E-state index in [1.54, 1.807) is 0 Å². The molecule has 1 aliphatic rings. The Morgan fingerprint density at radius 1 is 1.36 bits per heavy atom. The maximum absolute atomic E-state index is 11.8. The number of aromatic nitrogens is 2. The van der Waals surface area contributed by atoms with Gasteiger partial charge in [0.1, 0.15) is 11.5 Å². The molecule has 0 amide bonds. The van der Waals surface area contributed by atoms with Crippen molar-refractivity contribution in [1.82, 2.24) is 9.55 Å². The number of nitrogens with zero attached hydrogens (tertiary/aromatic N) is 2. The summed E-state index contributed by atoms with van der Waals surface area (Å²) in [5, 5.41) is 0. The Morgan fingerprint density at radius 3 is 2.64 bits per heavy atom. The van der Waals surface area contributed by atoms with Gasteiger partial charge >= 0.3 is 0 Å². The molecule has 0 fully saturated rings. The van der Waals surface area contributed by atoms with Crippen LogP contribution >= 0.6 is 0 Å². The number of imidazole rings is 1. The maximum Gasteiger partial charge on any atom is 0.183 e. The van der Waals surface area contributed by atoms with E-state index in [4.69, 9.17) is 0 Å². The van der Waals surface area contributed by atoms with Crippen LogP contribution in [0.3, 0.4) is 0 Å². The topological polar surface area (TPSA) is 34.9 Å². The van der Waals surface area contributed by atoms with E-state index in [1.807, 2.05) is 18.5 Å². The lowest BCUT2D eigenvalue weighted by Crippen LogP contribution is -2.28. The number of carbonyl (C=O) groups is 1. The number of rotatable bonds is 0. The summed E-state index contributed by atoms with van der Waals surface area (Å²) in [5.74, 6) is 1.13. The molecule has 2 rings (SSSR count). The van der Waals surface area contributed by atoms with Gasteiger partial charge in [-0.15, -0.1) is 0 Å². The molecule has 1 aliphatic carbocycles. The molecule has 0 aliphatic heterocycles. The van der Waals surface area contributed by atoms with E-state index in [0.29, 0.717) is 12.1 Å². The van der Waals surface area contributed by atoms with Gasteiger partial charge in [0.2, 0.25) is 0 Å². The second-order valence-corrected chi connectivity index (χ2v) is 4.95. The first-order valence-electron chi connectivity index (χ1n) is 4.96. The third-order valence-corrected chi connectivity index (χ3v) is 2.99. The molecule has 0 unspecified atom stereocenters. The van der Waals surface area contributed by atoms with Crippen LogP contribution in [-0.2, 0) is 13.5 Å². The molecule has 3 heteroatoms. The monoisotopic (exact) mass is 192 g/mol. The Hall–Kier alpha value is -1.12. The average molecular weight is 192 g/mol. The van der Waals surface area contributed by atoms with Gasteiger partial charge in [-0.05, 0) is 18.8 Å². The van der Waals surface area contributed by atoms with Gasteiger partial charge in [-0.3, -0.25) is 4.79 Å². The van der Waals surface area contributed by atoms with E-state index in [9.17, 15) is 4.79 Å². The van der Waals surface area contributed by atoms with Gasteiger partial charge in [-0.25, -0.2) is 4.98 Å². The highest BCUT2D eigenvalue weighted by Gasteiger charge is 2.34. The lowest BCUT2D eigenvalue weighted by atomic mass is 9.77. The summed E-state index contributed by atoms with van der Waals surface area (Å²) in [6, 6.07) is 0. The summed E-state index contributed by atoms with van der Waals surface area (Å²) < 4.78 is 2.04. The molecular formula is C11H16N2O. The van der Waals surface area contributed by atoms with Gasteiger partial charge in [0, 0.05) is 19.2 Å². The van der Waals surface area contributed by atoms with Crippen molar-refractivity contribution in [2.24, 2.45) is 12.5 Å². The molecular weight excluding hydrogens is 176 g/mol. The highest BCUT2D eigenvalue weighted by Crippen LogP contribution is 2.34. The fraction of sp³-hybridized carbons (Fsp3) is 0.636. The first kappa shape index (κ1) is 9.44. The summed E-state index contributed by atoms with van der Waals surface area (Å²) in [5.41, 5.74) is 1.89. The second-order valence-electron chi connectivity index (χ2n) is 4.95. The highest BCUT2D eigenvalue weighted by atomic mass is 16.1. The quantitative estimate of drug-likeness (QED) is 0.629. The van der Waals surface area contributed by atoms with Crippen molar-refractivity contribution in [2.45, 2.75) is 33.6 Å². The molecule has 1 heterocycles. The lowest BCUT2D eigenvalue weighted by molar-refractivity contribution is 0.0905. The molecule has 0 atom stereocenters. The third-order valence-electron chi connectivity index (χ3n) is 2.99. The van der Waals surface area contributed by atoms with Gasteiger partial charge in [-0.1, -0.05) is 13.8 Å². The zero-order valence-electron chi connectivity index (χ0n) is 9.22. The Bertz CT molecular complexity index is 402. The summed E-state index contributed by atoms with van der Waals surface area (Å²) in [6.45, 7) is 6.21. The minimum atomic E-state index is 0.0876. The molecule has 0 saturated carbocycles. The number of hydrogen-bond acceptors (Lipinski definition) is 2. The fourth-order valence-electron chi connectivity index (χ4n) is 2.12. The van der Waals surface area contributed by atoms with Crippen LogP contribution in [0.25, 0.3) is 0 Å². The third kappa shape index (κ3) is 1.27. The minimum Gasteiger partial charge on any atom is -0.335 e. The van der Waals surface area contributed by atoms with Crippen molar-refractivity contribution in [3.8, 4) is 0 Å². The molecule has 3 nitrogen and oxygen atoms in total. The normalized spacial score (nSPS) is 19.6. The van der Waals surface area contributed by atoms with Crippen molar-refractivity contribution in [3.05, 3.63) is 17.2 Å². The van der Waals surface area contributed by atoms with Crippen LogP contribution in [0, 0.1) is 12.3 Å². The number of carbonyl (C=O) groups excluding carboxylic acids is 1. The largest absolute Gasteiger partial charge is 0.335 e. The number of ketones is 1. The van der Waals surface area contributed by atoms with Crippen LogP contribution in [0.1, 0.15) is 42.3 Å². The smallest absolute Gasteiger partial charge is 0.183 e. The zero-order valence-corrected chi connectivity index (χ0v) is 9.22. The number of aryl methyl sites for hydroxylation is 1. The summed E-state index contributed by atoms with van der Waals surface area (Å²) in [7, 11) is 1.98. The Balaban J connectivity index is 2.56. The molecule has 76 valence electrons. The predicted octanol–water partition coefficient (Wildman–Crippen LogP) is 1.88. The van der Waals surface area contributed by atoms with Crippen molar-refractivity contribution < 1.29 is 4.79 Å². The molecule has 0 N–H and O–H groups in total. The lowest BCUT2D eigenvalue weighted by Gasteiger charge is -2.28. The van der Waals surface area contributed by atoms with Crippen LogP contribution in [0.5, 0.6) is 0 Å². The first-order chi connectivity index (χ1) is 6.41. The standard InChI is InChI=1S/C11H16N2O/c1-7-12-10-8(13(7)4)5-11(2,3)6-9(10)14/h5-6H2,1-4H3. The Kier molecular flexibility index (Phi) is 1.81. The van der Waals surface area contributed by atoms with Crippen LogP contribution in [0.2, 0.25) is 0 Å². The van der Waals surface area contributed by atoms with Crippen LogP contribution in [-0.4, -0.2) is 15.3 Å². The molecule has 1 aromatic heterocycles. The van der Waals surface area contributed by atoms with Crippen molar-refractivity contribution in [1.29, 1.82) is 0 Å². The van der Waals surface area contributed by atoms with E-state index in [0.717, 1.165) is 17.9 Å². The predicted molar refractivity (Wildman–Crippen MR) is 54.4 cm³/mol. The molecule has 0 saturated heterocycles. The number of fused-ring (bicyclic) bond motifs is 1. The molecule has 0 spiro atoms. The number of Topliss-reactive ketones (excluding diaryl/α,β-unsaturated/α-hetero) is 1. The van der Waals surface area contributed by atoms with Crippen LogP contribution < -0.4 is 0 Å². The van der Waals surface area contributed by atoms with Crippen molar-refractivity contribution in [2.75, 3.05) is 0 Å². The number of hydrogen-bond donors (Lipinski definition) is 0. The van der Waals surface area contributed by atoms with E-state index in [2.05, 4.69) is 18.8 Å². The van der Waals surface area contributed by atoms with Crippen molar-refractivity contribution >= 4 is 5.78 Å². The van der Waals surface area contributed by atoms with E-state index >= 15 is 0 Å². The van der Waals surface area contributed by atoms with Crippen LogP contribution in [0.4, 0.5) is 0 Å². The maximum atomic E-state index is 11.8. The summed E-state index contributed by atoms with van der Waals surface area (Å²) in [6.07, 6.45) is 1.57. The molecule has 0 bridgehead atoms. The molecule has 0 radical (unpaired) electrons. The molecule has 14 heavy (non-hydrogen) atoms.